The molecule has 60 valence electrons. The molecule has 4 N–H and O–H groups in total. The molecule has 0 aliphatic heterocycles. The van der Waals surface area contributed by atoms with Crippen molar-refractivity contribution in [2.75, 3.05) is 13.2 Å². The normalized spacial score (nSPS) is 12.7. The Morgan fingerprint density at radius 3 is 2.80 bits per heavy atom. The number of aliphatic hydroxyl groups is 1. The van der Waals surface area contributed by atoms with E-state index in [-0.39, 0.29) is 19.1 Å². The molecule has 0 saturated heterocycles. The predicted octanol–water partition coefficient (Wildman–Crippen LogP) is -1.17. The second-order valence-electron chi connectivity index (χ2n) is 2.03. The van der Waals surface area contributed by atoms with Gasteiger partial charge in [0, 0.05) is 6.54 Å². The zero-order chi connectivity index (χ0) is 7.98. The van der Waals surface area contributed by atoms with Crippen LogP contribution in [0.15, 0.2) is 0 Å². The lowest BCUT2D eigenvalue weighted by atomic mass is 10.2. The van der Waals surface area contributed by atoms with Crippen LogP contribution in [-0.4, -0.2) is 30.2 Å². The summed E-state index contributed by atoms with van der Waals surface area (Å²) in [5.41, 5.74) is 5.36. The number of amides is 1. The first-order valence-electron chi connectivity index (χ1n) is 3.36. The summed E-state index contributed by atoms with van der Waals surface area (Å²) in [7, 11) is 0. The molecule has 0 fully saturated rings. The van der Waals surface area contributed by atoms with Crippen LogP contribution in [0.2, 0.25) is 0 Å². The molecule has 4 nitrogen and oxygen atoms in total. The minimum Gasteiger partial charge on any atom is -0.395 e. The van der Waals surface area contributed by atoms with Crippen molar-refractivity contribution in [3.05, 3.63) is 0 Å². The Bertz CT molecular complexity index is 106. The highest BCUT2D eigenvalue weighted by Gasteiger charge is 2.08. The van der Waals surface area contributed by atoms with Crippen LogP contribution in [0.25, 0.3) is 0 Å². The first kappa shape index (κ1) is 9.39. The number of carbonyl (C=O) groups is 1. The van der Waals surface area contributed by atoms with E-state index in [1.54, 1.807) is 0 Å². The molecule has 1 atom stereocenters. The SMILES string of the molecule is CCC(N)C(=O)NCCO. The van der Waals surface area contributed by atoms with E-state index in [4.69, 9.17) is 10.8 Å². The molecule has 10 heavy (non-hydrogen) atoms. The molecule has 0 aliphatic carbocycles. The molecule has 1 amide bonds. The highest BCUT2D eigenvalue weighted by atomic mass is 16.3. The number of aliphatic hydroxyl groups excluding tert-OH is 1. The molecule has 0 radical (unpaired) electrons. The monoisotopic (exact) mass is 146 g/mol. The Labute approximate surface area is 60.4 Å². The van der Waals surface area contributed by atoms with Crippen molar-refractivity contribution in [1.82, 2.24) is 5.32 Å². The molecule has 0 saturated carbocycles. The van der Waals surface area contributed by atoms with Crippen molar-refractivity contribution in [3.63, 3.8) is 0 Å². The van der Waals surface area contributed by atoms with Gasteiger partial charge in [0.15, 0.2) is 0 Å². The van der Waals surface area contributed by atoms with Gasteiger partial charge in [-0.3, -0.25) is 4.79 Å². The van der Waals surface area contributed by atoms with Gasteiger partial charge in [0.05, 0.1) is 12.6 Å². The van der Waals surface area contributed by atoms with Crippen LogP contribution in [0.4, 0.5) is 0 Å². The second kappa shape index (κ2) is 5.20. The van der Waals surface area contributed by atoms with E-state index in [0.717, 1.165) is 0 Å². The lowest BCUT2D eigenvalue weighted by Crippen LogP contribution is -2.41. The minimum atomic E-state index is -0.438. The quantitative estimate of drug-likeness (QED) is 0.468. The lowest BCUT2D eigenvalue weighted by Gasteiger charge is -2.07. The fourth-order valence-electron chi connectivity index (χ4n) is 0.496. The van der Waals surface area contributed by atoms with Gasteiger partial charge in [-0.1, -0.05) is 6.92 Å². The zero-order valence-corrected chi connectivity index (χ0v) is 6.13. The third-order valence-corrected chi connectivity index (χ3v) is 1.19. The van der Waals surface area contributed by atoms with Crippen molar-refractivity contribution in [3.8, 4) is 0 Å². The molecule has 0 aromatic rings. The molecule has 0 spiro atoms. The zero-order valence-electron chi connectivity index (χ0n) is 6.13. The summed E-state index contributed by atoms with van der Waals surface area (Å²) in [4.78, 5) is 10.8. The van der Waals surface area contributed by atoms with Gasteiger partial charge >= 0.3 is 0 Å². The van der Waals surface area contributed by atoms with E-state index in [1.165, 1.54) is 0 Å². The van der Waals surface area contributed by atoms with Crippen LogP contribution in [-0.2, 0) is 4.79 Å². The summed E-state index contributed by atoms with van der Waals surface area (Å²) < 4.78 is 0. The molecule has 0 aromatic carbocycles. The van der Waals surface area contributed by atoms with Gasteiger partial charge < -0.3 is 16.2 Å². The van der Waals surface area contributed by atoms with E-state index in [2.05, 4.69) is 5.32 Å². The maximum absolute atomic E-state index is 10.8. The number of hydrogen-bond acceptors (Lipinski definition) is 3. The van der Waals surface area contributed by atoms with E-state index >= 15 is 0 Å². The minimum absolute atomic E-state index is 0.0395. The number of rotatable bonds is 4. The fraction of sp³-hybridized carbons (Fsp3) is 0.833. The summed E-state index contributed by atoms with van der Waals surface area (Å²) in [6.45, 7) is 2.08. The van der Waals surface area contributed by atoms with Gasteiger partial charge in [0.2, 0.25) is 5.91 Å². The van der Waals surface area contributed by atoms with Crippen LogP contribution in [0.5, 0.6) is 0 Å². The molecule has 0 bridgehead atoms. The molecular weight excluding hydrogens is 132 g/mol. The third kappa shape index (κ3) is 3.42. The van der Waals surface area contributed by atoms with E-state index in [1.807, 2.05) is 6.92 Å². The van der Waals surface area contributed by atoms with Gasteiger partial charge in [0.25, 0.3) is 0 Å². The summed E-state index contributed by atoms with van der Waals surface area (Å²) in [6, 6.07) is -0.438. The average Bonchev–Trinajstić information content (AvgIpc) is 1.98. The largest absolute Gasteiger partial charge is 0.395 e. The average molecular weight is 146 g/mol. The van der Waals surface area contributed by atoms with Crippen LogP contribution < -0.4 is 11.1 Å². The van der Waals surface area contributed by atoms with Gasteiger partial charge in [-0.05, 0) is 6.42 Å². The molecular formula is C6H14N2O2. The topological polar surface area (TPSA) is 75.4 Å². The van der Waals surface area contributed by atoms with Crippen molar-refractivity contribution in [1.29, 1.82) is 0 Å². The van der Waals surface area contributed by atoms with Gasteiger partial charge in [-0.2, -0.15) is 0 Å². The number of carbonyl (C=O) groups excluding carboxylic acids is 1. The van der Waals surface area contributed by atoms with Crippen molar-refractivity contribution >= 4 is 5.91 Å². The Hall–Kier alpha value is -0.610. The Morgan fingerprint density at radius 1 is 1.80 bits per heavy atom. The first-order chi connectivity index (χ1) is 4.72. The maximum Gasteiger partial charge on any atom is 0.236 e. The molecule has 1 unspecified atom stereocenters. The third-order valence-electron chi connectivity index (χ3n) is 1.19. The number of nitrogens with one attached hydrogen (secondary N) is 1. The Balaban J connectivity index is 3.42. The van der Waals surface area contributed by atoms with Crippen molar-refractivity contribution < 1.29 is 9.90 Å². The first-order valence-corrected chi connectivity index (χ1v) is 3.36. The summed E-state index contributed by atoms with van der Waals surface area (Å²) in [5, 5.41) is 10.8. The summed E-state index contributed by atoms with van der Waals surface area (Å²) in [6.07, 6.45) is 0.622. The van der Waals surface area contributed by atoms with Gasteiger partial charge in [-0.25, -0.2) is 0 Å². The van der Waals surface area contributed by atoms with Crippen LogP contribution in [0.3, 0.4) is 0 Å². The van der Waals surface area contributed by atoms with Crippen molar-refractivity contribution in [2.45, 2.75) is 19.4 Å². The Morgan fingerprint density at radius 2 is 2.40 bits per heavy atom. The fourth-order valence-corrected chi connectivity index (χ4v) is 0.496. The Kier molecular flexibility index (Phi) is 4.88. The molecule has 0 aliphatic rings. The molecule has 0 heterocycles. The van der Waals surface area contributed by atoms with Gasteiger partial charge in [0.1, 0.15) is 0 Å². The summed E-state index contributed by atoms with van der Waals surface area (Å²) >= 11 is 0. The predicted molar refractivity (Wildman–Crippen MR) is 38.4 cm³/mol. The molecule has 0 rings (SSSR count). The highest BCUT2D eigenvalue weighted by Crippen LogP contribution is 1.83. The highest BCUT2D eigenvalue weighted by molar-refractivity contribution is 5.81. The molecule has 4 heteroatoms. The number of nitrogens with two attached hydrogens (primary N) is 1. The van der Waals surface area contributed by atoms with E-state index in [0.29, 0.717) is 6.42 Å². The number of hydrogen-bond donors (Lipinski definition) is 3. The van der Waals surface area contributed by atoms with E-state index in [9.17, 15) is 4.79 Å². The van der Waals surface area contributed by atoms with Crippen LogP contribution in [0, 0.1) is 0 Å². The maximum atomic E-state index is 10.8. The van der Waals surface area contributed by atoms with Gasteiger partial charge in [-0.15, -0.1) is 0 Å². The van der Waals surface area contributed by atoms with Crippen molar-refractivity contribution in [2.24, 2.45) is 5.73 Å². The van der Waals surface area contributed by atoms with Crippen LogP contribution in [0.1, 0.15) is 13.3 Å². The smallest absolute Gasteiger partial charge is 0.236 e. The van der Waals surface area contributed by atoms with Crippen LogP contribution >= 0.6 is 0 Å². The summed E-state index contributed by atoms with van der Waals surface area (Å²) in [5.74, 6) is -0.198. The molecule has 0 aromatic heterocycles. The standard InChI is InChI=1S/C6H14N2O2/c1-2-5(7)6(10)8-3-4-9/h5,9H,2-4,7H2,1H3,(H,8,10). The second-order valence-corrected chi connectivity index (χ2v) is 2.03. The van der Waals surface area contributed by atoms with E-state index < -0.39 is 6.04 Å². The lowest BCUT2D eigenvalue weighted by molar-refractivity contribution is -0.122.